The van der Waals surface area contributed by atoms with Crippen LogP contribution >= 0.6 is 50.2 Å². The van der Waals surface area contributed by atoms with Gasteiger partial charge in [0.15, 0.2) is 0 Å². The van der Waals surface area contributed by atoms with Crippen LogP contribution in [0.1, 0.15) is 23.7 Å². The Labute approximate surface area is 133 Å². The number of rotatable bonds is 4. The van der Waals surface area contributed by atoms with E-state index >= 15 is 0 Å². The summed E-state index contributed by atoms with van der Waals surface area (Å²) in [6.07, 6.45) is 0. The van der Waals surface area contributed by atoms with E-state index in [0.29, 0.717) is 8.81 Å². The largest absolute Gasteiger partial charge is 0.250 e. The first-order chi connectivity index (χ1) is 8.79. The summed E-state index contributed by atoms with van der Waals surface area (Å²) in [5.41, 5.74) is 0.882. The van der Waals surface area contributed by atoms with Crippen molar-refractivity contribution < 1.29 is 8.42 Å². The molecule has 19 heavy (non-hydrogen) atoms. The van der Waals surface area contributed by atoms with Crippen LogP contribution in [0.2, 0.25) is 5.02 Å². The maximum Gasteiger partial charge on any atom is 0.250 e. The van der Waals surface area contributed by atoms with Gasteiger partial charge in [-0.2, -0.15) is 0 Å². The van der Waals surface area contributed by atoms with Crippen molar-refractivity contribution in [1.29, 1.82) is 0 Å². The minimum absolute atomic E-state index is 0.185. The summed E-state index contributed by atoms with van der Waals surface area (Å²) >= 11 is 11.6. The summed E-state index contributed by atoms with van der Waals surface area (Å²) in [6, 6.07) is 1.06. The van der Waals surface area contributed by atoms with Crippen molar-refractivity contribution >= 4 is 60.2 Å². The van der Waals surface area contributed by atoms with Gasteiger partial charge in [-0.05, 0) is 35.8 Å². The average Bonchev–Trinajstić information content (AvgIpc) is 2.86. The van der Waals surface area contributed by atoms with Gasteiger partial charge in [0.05, 0.1) is 14.9 Å². The van der Waals surface area contributed by atoms with E-state index in [1.54, 1.807) is 6.92 Å². The molecular formula is C10H10BrClN2O2S3. The molecule has 0 radical (unpaired) electrons. The Morgan fingerprint density at radius 1 is 1.53 bits per heavy atom. The van der Waals surface area contributed by atoms with E-state index < -0.39 is 10.0 Å². The predicted octanol–water partition coefficient (Wildman–Crippen LogP) is 3.97. The van der Waals surface area contributed by atoms with E-state index in [-0.39, 0.29) is 10.3 Å². The molecule has 0 saturated heterocycles. The number of nitrogens with zero attached hydrogens (tertiary/aromatic N) is 1. The molecule has 0 spiro atoms. The predicted molar refractivity (Wildman–Crippen MR) is 82.6 cm³/mol. The van der Waals surface area contributed by atoms with Crippen molar-refractivity contribution in [1.82, 2.24) is 9.71 Å². The lowest BCUT2D eigenvalue weighted by molar-refractivity contribution is 0.568. The lowest BCUT2D eigenvalue weighted by Gasteiger charge is -2.10. The van der Waals surface area contributed by atoms with Crippen LogP contribution in [0.4, 0.5) is 0 Å². The minimum Gasteiger partial charge on any atom is -0.245 e. The van der Waals surface area contributed by atoms with E-state index in [1.807, 2.05) is 12.3 Å². The van der Waals surface area contributed by atoms with Gasteiger partial charge in [-0.3, -0.25) is 0 Å². The lowest BCUT2D eigenvalue weighted by atomic mass is 10.4. The fraction of sp³-hybridized carbons (Fsp3) is 0.300. The van der Waals surface area contributed by atoms with Crippen molar-refractivity contribution in [2.75, 3.05) is 0 Å². The molecule has 2 rings (SSSR count). The molecule has 0 amide bonds. The van der Waals surface area contributed by atoms with Gasteiger partial charge in [0.25, 0.3) is 10.0 Å². The first-order valence-corrected chi connectivity index (χ1v) is 9.54. The molecule has 0 aliphatic heterocycles. The topological polar surface area (TPSA) is 59.1 Å². The third-order valence-corrected chi connectivity index (χ3v) is 7.86. The third kappa shape index (κ3) is 3.56. The van der Waals surface area contributed by atoms with Gasteiger partial charge in [-0.15, -0.1) is 22.7 Å². The molecule has 0 aromatic carbocycles. The number of thiazole rings is 1. The van der Waals surface area contributed by atoms with Crippen LogP contribution in [-0.4, -0.2) is 13.4 Å². The lowest BCUT2D eigenvalue weighted by Crippen LogP contribution is -2.26. The molecule has 0 aliphatic rings. The highest BCUT2D eigenvalue weighted by atomic mass is 79.9. The van der Waals surface area contributed by atoms with Gasteiger partial charge in [0.2, 0.25) is 0 Å². The van der Waals surface area contributed by atoms with Crippen molar-refractivity contribution in [3.8, 4) is 0 Å². The Kier molecular flexibility index (Phi) is 4.69. The number of nitrogens with one attached hydrogen (secondary N) is 1. The molecule has 1 unspecified atom stereocenters. The fourth-order valence-electron chi connectivity index (χ4n) is 1.37. The summed E-state index contributed by atoms with van der Waals surface area (Å²) in [4.78, 5) is 4.27. The average molecular weight is 402 g/mol. The van der Waals surface area contributed by atoms with Crippen LogP contribution in [0.3, 0.4) is 0 Å². The van der Waals surface area contributed by atoms with Gasteiger partial charge in [0, 0.05) is 11.1 Å². The van der Waals surface area contributed by atoms with Gasteiger partial charge >= 0.3 is 0 Å². The Morgan fingerprint density at radius 2 is 2.21 bits per heavy atom. The maximum atomic E-state index is 12.2. The SMILES string of the molecule is Cc1csc(C(C)NS(=O)(=O)c2cc(Cl)c(Br)s2)n1. The van der Waals surface area contributed by atoms with Crippen LogP contribution in [-0.2, 0) is 10.0 Å². The zero-order chi connectivity index (χ0) is 14.2. The van der Waals surface area contributed by atoms with Crippen molar-refractivity contribution in [2.24, 2.45) is 0 Å². The van der Waals surface area contributed by atoms with Gasteiger partial charge < -0.3 is 0 Å². The molecule has 1 atom stereocenters. The second-order valence-corrected chi connectivity index (χ2v) is 9.46. The van der Waals surface area contributed by atoms with E-state index in [4.69, 9.17) is 11.6 Å². The molecule has 104 valence electrons. The molecule has 2 aromatic heterocycles. The van der Waals surface area contributed by atoms with Crippen molar-refractivity contribution in [2.45, 2.75) is 24.1 Å². The Bertz CT molecular complexity index is 676. The smallest absolute Gasteiger partial charge is 0.245 e. The number of aryl methyl sites for hydroxylation is 1. The summed E-state index contributed by atoms with van der Waals surface area (Å²) in [7, 11) is -3.58. The minimum atomic E-state index is -3.58. The fourth-order valence-corrected chi connectivity index (χ4v) is 5.87. The van der Waals surface area contributed by atoms with Crippen LogP contribution in [0.15, 0.2) is 19.4 Å². The van der Waals surface area contributed by atoms with Gasteiger partial charge in [0.1, 0.15) is 9.22 Å². The van der Waals surface area contributed by atoms with E-state index in [9.17, 15) is 8.42 Å². The van der Waals surface area contributed by atoms with Gasteiger partial charge in [-0.25, -0.2) is 18.1 Å². The number of sulfonamides is 1. The molecule has 1 N–H and O–H groups in total. The second-order valence-electron chi connectivity index (χ2n) is 3.86. The zero-order valence-electron chi connectivity index (χ0n) is 9.98. The highest BCUT2D eigenvalue weighted by Crippen LogP contribution is 2.35. The van der Waals surface area contributed by atoms with E-state index in [1.165, 1.54) is 17.4 Å². The molecule has 4 nitrogen and oxygen atoms in total. The third-order valence-electron chi connectivity index (χ3n) is 2.23. The van der Waals surface area contributed by atoms with Crippen molar-refractivity contribution in [3.63, 3.8) is 0 Å². The van der Waals surface area contributed by atoms with Gasteiger partial charge in [-0.1, -0.05) is 11.6 Å². The first kappa shape index (κ1) is 15.4. The quantitative estimate of drug-likeness (QED) is 0.843. The van der Waals surface area contributed by atoms with Crippen LogP contribution in [0.25, 0.3) is 0 Å². The molecule has 2 heterocycles. The second kappa shape index (κ2) is 5.79. The molecular weight excluding hydrogens is 392 g/mol. The Hall–Kier alpha value is 0.01000. The summed E-state index contributed by atoms with van der Waals surface area (Å²) in [5.74, 6) is 0. The Balaban J connectivity index is 2.22. The summed E-state index contributed by atoms with van der Waals surface area (Å²) in [6.45, 7) is 3.64. The summed E-state index contributed by atoms with van der Waals surface area (Å²) in [5, 5.41) is 3.02. The zero-order valence-corrected chi connectivity index (χ0v) is 14.8. The monoisotopic (exact) mass is 400 g/mol. The number of hydrogen-bond donors (Lipinski definition) is 1. The molecule has 0 aliphatic carbocycles. The number of thiophene rings is 1. The van der Waals surface area contributed by atoms with E-state index in [2.05, 4.69) is 25.6 Å². The molecule has 0 fully saturated rings. The number of aromatic nitrogens is 1. The number of hydrogen-bond acceptors (Lipinski definition) is 5. The normalized spacial score (nSPS) is 13.7. The first-order valence-electron chi connectivity index (χ1n) is 5.19. The highest BCUT2D eigenvalue weighted by molar-refractivity contribution is 9.11. The highest BCUT2D eigenvalue weighted by Gasteiger charge is 2.23. The molecule has 2 aromatic rings. The molecule has 0 saturated carbocycles. The standard InChI is InChI=1S/C10H10BrClN2O2S3/c1-5-4-17-10(13-5)6(2)14-19(15,16)8-3-7(12)9(11)18-8/h3-4,6,14H,1-2H3. The van der Waals surface area contributed by atoms with Crippen molar-refractivity contribution in [3.05, 3.63) is 31.0 Å². The molecule has 9 heteroatoms. The number of halogens is 2. The Morgan fingerprint density at radius 3 is 2.68 bits per heavy atom. The van der Waals surface area contributed by atoms with Crippen LogP contribution in [0.5, 0.6) is 0 Å². The maximum absolute atomic E-state index is 12.2. The summed E-state index contributed by atoms with van der Waals surface area (Å²) < 4.78 is 27.8. The van der Waals surface area contributed by atoms with Crippen LogP contribution in [0, 0.1) is 6.92 Å². The van der Waals surface area contributed by atoms with E-state index in [0.717, 1.165) is 22.0 Å². The van der Waals surface area contributed by atoms with Crippen LogP contribution < -0.4 is 4.72 Å². The molecule has 0 bridgehead atoms.